The average Bonchev–Trinajstić information content (AvgIpc) is 2.76. The lowest BCUT2D eigenvalue weighted by atomic mass is 10.0. The van der Waals surface area contributed by atoms with Gasteiger partial charge in [0.2, 0.25) is 0 Å². The first-order valence-corrected chi connectivity index (χ1v) is 8.98. The summed E-state index contributed by atoms with van der Waals surface area (Å²) in [6.07, 6.45) is 7.53. The zero-order chi connectivity index (χ0) is 12.3. The molecule has 0 radical (unpaired) electrons. The molecule has 3 unspecified atom stereocenters. The summed E-state index contributed by atoms with van der Waals surface area (Å²) < 4.78 is 0. The number of hydrogen-bond acceptors (Lipinski definition) is 4. The van der Waals surface area contributed by atoms with E-state index in [-0.39, 0.29) is 0 Å². The molecule has 3 atom stereocenters. The van der Waals surface area contributed by atoms with Gasteiger partial charge in [-0.05, 0) is 31.4 Å². The van der Waals surface area contributed by atoms with E-state index in [0.717, 1.165) is 5.25 Å². The molecule has 0 saturated heterocycles. The Labute approximate surface area is 114 Å². The first-order chi connectivity index (χ1) is 8.20. The van der Waals surface area contributed by atoms with Gasteiger partial charge in [0.15, 0.2) is 5.17 Å². The first kappa shape index (κ1) is 13.6. The molecule has 0 spiro atoms. The van der Waals surface area contributed by atoms with Gasteiger partial charge in [0.25, 0.3) is 0 Å². The van der Waals surface area contributed by atoms with E-state index in [2.05, 4.69) is 25.4 Å². The van der Waals surface area contributed by atoms with Crippen LogP contribution in [0.4, 0.5) is 0 Å². The Morgan fingerprint density at radius 3 is 2.88 bits per heavy atom. The number of rotatable bonds is 3. The van der Waals surface area contributed by atoms with Crippen LogP contribution in [0.25, 0.3) is 0 Å². The Bertz CT molecular complexity index is 279. The molecule has 2 nitrogen and oxygen atoms in total. The quantitative estimate of drug-likeness (QED) is 0.852. The summed E-state index contributed by atoms with van der Waals surface area (Å²) in [5.74, 6) is 1.90. The van der Waals surface area contributed by atoms with Crippen LogP contribution < -0.4 is 5.32 Å². The molecule has 1 saturated carbocycles. The van der Waals surface area contributed by atoms with Gasteiger partial charge in [-0.15, -0.1) is 0 Å². The van der Waals surface area contributed by atoms with Crippen LogP contribution in [0, 0.1) is 5.92 Å². The van der Waals surface area contributed by atoms with Crippen molar-refractivity contribution in [2.45, 2.75) is 56.9 Å². The van der Waals surface area contributed by atoms with Gasteiger partial charge in [0.05, 0.1) is 6.04 Å². The zero-order valence-corrected chi connectivity index (χ0v) is 12.7. The van der Waals surface area contributed by atoms with Crippen LogP contribution in [0.5, 0.6) is 0 Å². The normalized spacial score (nSPS) is 33.9. The van der Waals surface area contributed by atoms with Crippen molar-refractivity contribution in [2.24, 2.45) is 10.9 Å². The van der Waals surface area contributed by atoms with Crippen LogP contribution in [0.2, 0.25) is 0 Å². The Balaban J connectivity index is 1.93. The third-order valence-electron chi connectivity index (χ3n) is 3.77. The van der Waals surface area contributed by atoms with Crippen molar-refractivity contribution in [3.8, 4) is 0 Å². The molecule has 0 amide bonds. The van der Waals surface area contributed by atoms with E-state index in [1.807, 2.05) is 23.5 Å². The second-order valence-electron chi connectivity index (χ2n) is 5.34. The summed E-state index contributed by atoms with van der Waals surface area (Å²) in [4.78, 5) is 4.87. The molecular formula is C13H24N2S2. The fourth-order valence-electron chi connectivity index (χ4n) is 2.62. The van der Waals surface area contributed by atoms with Crippen molar-refractivity contribution in [3.63, 3.8) is 0 Å². The molecule has 2 rings (SSSR count). The third-order valence-corrected chi connectivity index (χ3v) is 5.88. The summed E-state index contributed by atoms with van der Waals surface area (Å²) >= 11 is 3.92. The highest BCUT2D eigenvalue weighted by molar-refractivity contribution is 8.13. The van der Waals surface area contributed by atoms with Gasteiger partial charge in [0.1, 0.15) is 0 Å². The van der Waals surface area contributed by atoms with Crippen LogP contribution in [0.1, 0.15) is 39.5 Å². The minimum atomic E-state index is 0.535. The lowest BCUT2D eigenvalue weighted by molar-refractivity contribution is 0.481. The third kappa shape index (κ3) is 3.57. The highest BCUT2D eigenvalue weighted by atomic mass is 32.2. The van der Waals surface area contributed by atoms with Gasteiger partial charge < -0.3 is 5.32 Å². The molecule has 0 aromatic carbocycles. The van der Waals surface area contributed by atoms with E-state index in [9.17, 15) is 0 Å². The van der Waals surface area contributed by atoms with Gasteiger partial charge in [-0.25, -0.2) is 0 Å². The predicted molar refractivity (Wildman–Crippen MR) is 81.2 cm³/mol. The van der Waals surface area contributed by atoms with Gasteiger partial charge in [-0.2, -0.15) is 11.8 Å². The maximum absolute atomic E-state index is 4.87. The topological polar surface area (TPSA) is 24.4 Å². The van der Waals surface area contributed by atoms with E-state index >= 15 is 0 Å². The molecule has 1 aliphatic carbocycles. The van der Waals surface area contributed by atoms with E-state index < -0.39 is 0 Å². The molecule has 0 aromatic rings. The van der Waals surface area contributed by atoms with E-state index in [1.54, 1.807) is 0 Å². The molecule has 4 heteroatoms. The monoisotopic (exact) mass is 272 g/mol. The van der Waals surface area contributed by atoms with Crippen LogP contribution >= 0.6 is 23.5 Å². The number of amidine groups is 1. The minimum Gasteiger partial charge on any atom is -0.361 e. The number of thioether (sulfide) groups is 2. The lowest BCUT2D eigenvalue weighted by Crippen LogP contribution is -2.39. The maximum atomic E-state index is 4.87. The van der Waals surface area contributed by atoms with Crippen LogP contribution in [0.15, 0.2) is 4.99 Å². The molecule has 1 N–H and O–H groups in total. The molecule has 2 aliphatic rings. The Morgan fingerprint density at radius 2 is 2.18 bits per heavy atom. The Kier molecular flexibility index (Phi) is 5.10. The smallest absolute Gasteiger partial charge is 0.157 e. The number of hydrogen-bond donors (Lipinski definition) is 1. The highest BCUT2D eigenvalue weighted by Crippen LogP contribution is 2.30. The Morgan fingerprint density at radius 1 is 1.35 bits per heavy atom. The number of nitrogens with zero attached hydrogens (tertiary/aromatic N) is 1. The second kappa shape index (κ2) is 6.37. The van der Waals surface area contributed by atoms with Crippen molar-refractivity contribution >= 4 is 28.7 Å². The zero-order valence-electron chi connectivity index (χ0n) is 11.1. The number of aliphatic imine (C=N–C) groups is 1. The van der Waals surface area contributed by atoms with E-state index in [1.165, 1.54) is 36.6 Å². The largest absolute Gasteiger partial charge is 0.361 e. The van der Waals surface area contributed by atoms with Gasteiger partial charge >= 0.3 is 0 Å². The lowest BCUT2D eigenvalue weighted by Gasteiger charge is -2.27. The molecule has 0 bridgehead atoms. The fourth-order valence-corrected chi connectivity index (χ4v) is 4.55. The predicted octanol–water partition coefficient (Wildman–Crippen LogP) is 3.38. The fraction of sp³-hybridized carbons (Fsp3) is 0.923. The van der Waals surface area contributed by atoms with E-state index in [0.29, 0.717) is 18.0 Å². The first-order valence-electron chi connectivity index (χ1n) is 6.70. The summed E-state index contributed by atoms with van der Waals surface area (Å²) in [6.45, 7) is 4.56. The average molecular weight is 272 g/mol. The molecule has 0 aromatic heterocycles. The van der Waals surface area contributed by atoms with E-state index in [4.69, 9.17) is 4.99 Å². The number of nitrogens with one attached hydrogen (secondary N) is 1. The van der Waals surface area contributed by atoms with Crippen LogP contribution in [-0.4, -0.2) is 34.5 Å². The van der Waals surface area contributed by atoms with Crippen molar-refractivity contribution in [1.82, 2.24) is 5.32 Å². The molecule has 98 valence electrons. The van der Waals surface area contributed by atoms with Crippen molar-refractivity contribution < 1.29 is 0 Å². The standard InChI is InChI=1S/C13H24N2S2/c1-9(2)10-7-8-17-13(14-10)15-11-5-4-6-12(11)16-3/h9-12H,4-8H2,1-3H3,(H,14,15). The molecule has 1 heterocycles. The summed E-state index contributed by atoms with van der Waals surface area (Å²) in [5, 5.41) is 5.69. The molecule has 17 heavy (non-hydrogen) atoms. The van der Waals surface area contributed by atoms with Gasteiger partial charge in [0, 0.05) is 17.0 Å². The molecular weight excluding hydrogens is 248 g/mol. The van der Waals surface area contributed by atoms with Crippen molar-refractivity contribution in [3.05, 3.63) is 0 Å². The van der Waals surface area contributed by atoms with Gasteiger partial charge in [-0.1, -0.05) is 32.0 Å². The molecule has 1 fully saturated rings. The minimum absolute atomic E-state index is 0.535. The van der Waals surface area contributed by atoms with Crippen molar-refractivity contribution in [1.29, 1.82) is 0 Å². The molecule has 1 aliphatic heterocycles. The van der Waals surface area contributed by atoms with Crippen LogP contribution in [0.3, 0.4) is 0 Å². The summed E-state index contributed by atoms with van der Waals surface area (Å²) in [6, 6.07) is 1.19. The SMILES string of the molecule is CSC1CCCC1NC1=NC(C(C)C)CCS1. The summed E-state index contributed by atoms with van der Waals surface area (Å²) in [5.41, 5.74) is 0. The maximum Gasteiger partial charge on any atom is 0.157 e. The Hall–Kier alpha value is 0.170. The van der Waals surface area contributed by atoms with Gasteiger partial charge in [-0.3, -0.25) is 4.99 Å². The summed E-state index contributed by atoms with van der Waals surface area (Å²) in [7, 11) is 0. The van der Waals surface area contributed by atoms with Crippen molar-refractivity contribution in [2.75, 3.05) is 12.0 Å². The second-order valence-corrected chi connectivity index (χ2v) is 7.50. The van der Waals surface area contributed by atoms with Crippen LogP contribution in [-0.2, 0) is 0 Å². The highest BCUT2D eigenvalue weighted by Gasteiger charge is 2.28.